The van der Waals surface area contributed by atoms with E-state index in [1.54, 1.807) is 31.4 Å². The number of hydrogen-bond donors (Lipinski definition) is 3. The van der Waals surface area contributed by atoms with Gasteiger partial charge in [-0.25, -0.2) is 14.9 Å². The topological polar surface area (TPSA) is 92.7 Å². The lowest BCUT2D eigenvalue weighted by Gasteiger charge is -2.06. The summed E-state index contributed by atoms with van der Waals surface area (Å²) in [5.74, 6) is 0.210. The summed E-state index contributed by atoms with van der Waals surface area (Å²) in [5.41, 5.74) is 4.02. The molecule has 3 rings (SSSR count). The van der Waals surface area contributed by atoms with Crippen LogP contribution in [0.1, 0.15) is 29.8 Å². The third-order valence-corrected chi connectivity index (χ3v) is 4.67. The number of aliphatic hydroxyl groups is 1. The van der Waals surface area contributed by atoms with E-state index in [0.29, 0.717) is 38.8 Å². The molecule has 0 bridgehead atoms. The number of halogens is 1. The van der Waals surface area contributed by atoms with Gasteiger partial charge in [-0.05, 0) is 30.7 Å². The number of aldehydes is 1. The summed E-state index contributed by atoms with van der Waals surface area (Å²) in [4.78, 5) is 20.9. The Hall–Kier alpha value is -2.59. The van der Waals surface area contributed by atoms with Crippen molar-refractivity contribution in [3.8, 4) is 5.75 Å². The van der Waals surface area contributed by atoms with Crippen molar-refractivity contribution in [2.24, 2.45) is 0 Å². The number of anilines is 2. The van der Waals surface area contributed by atoms with Crippen molar-refractivity contribution in [1.82, 2.24) is 10.5 Å². The summed E-state index contributed by atoms with van der Waals surface area (Å²) in [6.45, 7) is 6.25. The number of rotatable bonds is 7. The molecule has 164 valence electrons. The van der Waals surface area contributed by atoms with Crippen molar-refractivity contribution in [2.75, 3.05) is 32.7 Å². The van der Waals surface area contributed by atoms with Crippen molar-refractivity contribution in [1.29, 1.82) is 0 Å². The number of hydroxylamine groups is 1. The summed E-state index contributed by atoms with van der Waals surface area (Å²) in [5, 5.41) is 12.3. The minimum absolute atomic E-state index is 0.0703. The molecule has 0 atom stereocenters. The average Bonchev–Trinajstić information content (AvgIpc) is 3.12. The number of fused-ring (bicyclic) bond motifs is 1. The van der Waals surface area contributed by atoms with Crippen LogP contribution in [0.5, 0.6) is 5.75 Å². The molecular weight excluding hydrogens is 409 g/mol. The normalized spacial score (nSPS) is 9.83. The predicted octanol–water partition coefficient (Wildman–Crippen LogP) is 4.46. The Morgan fingerprint density at radius 3 is 2.57 bits per heavy atom. The number of aromatic nitrogens is 1. The molecule has 3 N–H and O–H groups in total. The maximum Gasteiger partial charge on any atom is 0.153 e. The van der Waals surface area contributed by atoms with Crippen LogP contribution in [-0.4, -0.2) is 43.7 Å². The van der Waals surface area contributed by atoms with Gasteiger partial charge in [0.1, 0.15) is 21.4 Å². The SMILES string of the molecule is CC.CNOCCO.COc1cnc2sc(Nc3ccc(C)cc3F)c(C=O)c2c1. The van der Waals surface area contributed by atoms with Gasteiger partial charge in [0.25, 0.3) is 0 Å². The highest BCUT2D eigenvalue weighted by Crippen LogP contribution is 2.37. The first-order valence-electron chi connectivity index (χ1n) is 9.38. The third kappa shape index (κ3) is 7.03. The van der Waals surface area contributed by atoms with Gasteiger partial charge in [-0.3, -0.25) is 9.63 Å². The van der Waals surface area contributed by atoms with Gasteiger partial charge >= 0.3 is 0 Å². The fourth-order valence-electron chi connectivity index (χ4n) is 2.29. The number of methoxy groups -OCH3 is 1. The Bertz CT molecular complexity index is 930. The van der Waals surface area contributed by atoms with E-state index in [4.69, 9.17) is 9.84 Å². The Morgan fingerprint density at radius 2 is 2.03 bits per heavy atom. The van der Waals surface area contributed by atoms with E-state index in [2.05, 4.69) is 20.6 Å². The first-order valence-corrected chi connectivity index (χ1v) is 10.2. The summed E-state index contributed by atoms with van der Waals surface area (Å²) < 4.78 is 19.1. The van der Waals surface area contributed by atoms with Crippen LogP contribution in [0, 0.1) is 12.7 Å². The van der Waals surface area contributed by atoms with E-state index < -0.39 is 0 Å². The molecule has 2 heterocycles. The second kappa shape index (κ2) is 13.6. The number of ether oxygens (including phenoxy) is 1. The number of carbonyl (C=O) groups excluding carboxylic acids is 1. The first-order chi connectivity index (χ1) is 14.5. The zero-order chi connectivity index (χ0) is 22.5. The van der Waals surface area contributed by atoms with Gasteiger partial charge in [0.2, 0.25) is 0 Å². The second-order valence-corrected chi connectivity index (χ2v) is 6.57. The number of aliphatic hydroxyl groups excluding tert-OH is 1. The van der Waals surface area contributed by atoms with Gasteiger partial charge in [-0.2, -0.15) is 0 Å². The quantitative estimate of drug-likeness (QED) is 0.285. The largest absolute Gasteiger partial charge is 0.495 e. The van der Waals surface area contributed by atoms with E-state index >= 15 is 0 Å². The lowest BCUT2D eigenvalue weighted by Crippen LogP contribution is -2.10. The van der Waals surface area contributed by atoms with Gasteiger partial charge in [0.15, 0.2) is 6.29 Å². The lowest BCUT2D eigenvalue weighted by atomic mass is 10.2. The highest BCUT2D eigenvalue weighted by molar-refractivity contribution is 7.23. The minimum atomic E-state index is -0.361. The fourth-order valence-corrected chi connectivity index (χ4v) is 3.30. The van der Waals surface area contributed by atoms with Crippen molar-refractivity contribution in [3.63, 3.8) is 0 Å². The number of benzene rings is 1. The molecule has 2 aromatic heterocycles. The van der Waals surface area contributed by atoms with Crippen molar-refractivity contribution in [2.45, 2.75) is 20.8 Å². The molecule has 0 unspecified atom stereocenters. The number of aryl methyl sites for hydroxylation is 1. The number of nitrogens with zero attached hydrogens (tertiary/aromatic N) is 1. The number of thiophene rings is 1. The van der Waals surface area contributed by atoms with Gasteiger partial charge in [0.05, 0.1) is 37.8 Å². The van der Waals surface area contributed by atoms with Crippen LogP contribution in [0.15, 0.2) is 30.5 Å². The van der Waals surface area contributed by atoms with Crippen LogP contribution in [0.3, 0.4) is 0 Å². The molecular formula is C21H28FN3O4S. The zero-order valence-corrected chi connectivity index (χ0v) is 18.6. The van der Waals surface area contributed by atoms with Gasteiger partial charge in [-0.1, -0.05) is 31.3 Å². The Labute approximate surface area is 179 Å². The molecule has 7 nitrogen and oxygen atoms in total. The molecule has 0 fully saturated rings. The summed E-state index contributed by atoms with van der Waals surface area (Å²) in [7, 11) is 3.19. The fraction of sp³-hybridized carbons (Fsp3) is 0.333. The van der Waals surface area contributed by atoms with Crippen LogP contribution in [0.25, 0.3) is 10.2 Å². The smallest absolute Gasteiger partial charge is 0.153 e. The van der Waals surface area contributed by atoms with Gasteiger partial charge < -0.3 is 15.2 Å². The van der Waals surface area contributed by atoms with Crippen LogP contribution in [0.2, 0.25) is 0 Å². The van der Waals surface area contributed by atoms with E-state index in [0.717, 1.165) is 11.8 Å². The average molecular weight is 438 g/mol. The number of nitrogens with one attached hydrogen (secondary N) is 2. The standard InChI is InChI=1S/C16H13FN2O2S.C3H9NO2.C2H6/c1-9-3-4-14(13(17)5-9)19-16-12(8-20)11-6-10(21-2)7-18-15(11)22-16;1-4-6-3-2-5;1-2/h3-8,19H,1-2H3;4-5H,2-3H2,1H3;1-2H3. The molecule has 0 aliphatic carbocycles. The van der Waals surface area contributed by atoms with E-state index in [-0.39, 0.29) is 12.4 Å². The van der Waals surface area contributed by atoms with Crippen LogP contribution < -0.4 is 15.5 Å². The molecule has 0 saturated carbocycles. The van der Waals surface area contributed by atoms with Gasteiger partial charge in [-0.15, -0.1) is 0 Å². The number of pyridine rings is 1. The van der Waals surface area contributed by atoms with Crippen molar-refractivity contribution < 1.29 is 23.9 Å². The van der Waals surface area contributed by atoms with Crippen LogP contribution in [0.4, 0.5) is 15.1 Å². The first kappa shape index (κ1) is 25.4. The van der Waals surface area contributed by atoms with E-state index in [9.17, 15) is 9.18 Å². The molecule has 30 heavy (non-hydrogen) atoms. The summed E-state index contributed by atoms with van der Waals surface area (Å²) >= 11 is 1.30. The highest BCUT2D eigenvalue weighted by atomic mass is 32.1. The molecule has 9 heteroatoms. The van der Waals surface area contributed by atoms with Crippen molar-refractivity contribution in [3.05, 3.63) is 47.4 Å². The maximum absolute atomic E-state index is 14.0. The predicted molar refractivity (Wildman–Crippen MR) is 119 cm³/mol. The zero-order valence-electron chi connectivity index (χ0n) is 17.8. The van der Waals surface area contributed by atoms with E-state index in [1.807, 2.05) is 20.8 Å². The van der Waals surface area contributed by atoms with Crippen LogP contribution in [-0.2, 0) is 4.84 Å². The molecule has 0 saturated heterocycles. The molecule has 0 spiro atoms. The lowest BCUT2D eigenvalue weighted by molar-refractivity contribution is 0.0314. The monoisotopic (exact) mass is 437 g/mol. The molecule has 0 amide bonds. The maximum atomic E-state index is 14.0. The summed E-state index contributed by atoms with van der Waals surface area (Å²) in [6, 6.07) is 6.65. The Balaban J connectivity index is 0.000000487. The Morgan fingerprint density at radius 1 is 1.30 bits per heavy atom. The minimum Gasteiger partial charge on any atom is -0.495 e. The van der Waals surface area contributed by atoms with Crippen molar-refractivity contribution >= 4 is 38.5 Å². The second-order valence-electron chi connectivity index (χ2n) is 5.58. The van der Waals surface area contributed by atoms with E-state index in [1.165, 1.54) is 24.5 Å². The number of hydrogen-bond acceptors (Lipinski definition) is 8. The molecule has 3 aromatic rings. The number of carbonyl (C=O) groups is 1. The van der Waals surface area contributed by atoms with Crippen LogP contribution >= 0.6 is 11.3 Å². The molecule has 1 aromatic carbocycles. The van der Waals surface area contributed by atoms with Gasteiger partial charge in [0, 0.05) is 12.4 Å². The Kier molecular flexibility index (Phi) is 11.5. The molecule has 0 aliphatic heterocycles. The molecule has 0 aliphatic rings. The molecule has 0 radical (unpaired) electrons. The summed E-state index contributed by atoms with van der Waals surface area (Å²) in [6.07, 6.45) is 2.33. The highest BCUT2D eigenvalue weighted by Gasteiger charge is 2.15. The third-order valence-electron chi connectivity index (χ3n) is 3.62.